The second-order valence-corrected chi connectivity index (χ2v) is 5.70. The fourth-order valence-electron chi connectivity index (χ4n) is 3.06. The summed E-state index contributed by atoms with van der Waals surface area (Å²) in [6.07, 6.45) is 5.16. The Kier molecular flexibility index (Phi) is 5.26. The van der Waals surface area contributed by atoms with Crippen LogP contribution in [0, 0.1) is 17.8 Å². The summed E-state index contributed by atoms with van der Waals surface area (Å²) >= 11 is 0. The van der Waals surface area contributed by atoms with E-state index in [1.54, 1.807) is 0 Å². The van der Waals surface area contributed by atoms with E-state index in [1.165, 1.54) is 19.3 Å². The second-order valence-electron chi connectivity index (χ2n) is 5.70. The Morgan fingerprint density at radius 3 is 2.31 bits per heavy atom. The van der Waals surface area contributed by atoms with E-state index in [4.69, 9.17) is 5.11 Å². The molecule has 0 aromatic rings. The van der Waals surface area contributed by atoms with Gasteiger partial charge in [0, 0.05) is 0 Å². The van der Waals surface area contributed by atoms with Gasteiger partial charge in [-0.2, -0.15) is 0 Å². The SMILES string of the molecule is CC1CC(C)CC(CCN(C)CC(=O)O)C1. The molecule has 0 bridgehead atoms. The van der Waals surface area contributed by atoms with Gasteiger partial charge in [0.2, 0.25) is 0 Å². The molecule has 1 rings (SSSR count). The zero-order valence-corrected chi connectivity index (χ0v) is 10.8. The van der Waals surface area contributed by atoms with Crippen molar-refractivity contribution in [2.75, 3.05) is 20.1 Å². The maximum Gasteiger partial charge on any atom is 0.317 e. The van der Waals surface area contributed by atoms with Crippen LogP contribution in [0.3, 0.4) is 0 Å². The minimum atomic E-state index is -0.729. The smallest absolute Gasteiger partial charge is 0.317 e. The van der Waals surface area contributed by atoms with Gasteiger partial charge in [-0.15, -0.1) is 0 Å². The third-order valence-electron chi connectivity index (χ3n) is 3.60. The van der Waals surface area contributed by atoms with Crippen molar-refractivity contribution in [3.63, 3.8) is 0 Å². The first kappa shape index (κ1) is 13.5. The zero-order valence-electron chi connectivity index (χ0n) is 10.8. The highest BCUT2D eigenvalue weighted by Gasteiger charge is 2.23. The van der Waals surface area contributed by atoms with Crippen LogP contribution in [0.1, 0.15) is 39.5 Å². The lowest BCUT2D eigenvalue weighted by atomic mass is 9.75. The Morgan fingerprint density at radius 2 is 1.81 bits per heavy atom. The normalized spacial score (nSPS) is 30.6. The number of carboxylic acids is 1. The summed E-state index contributed by atoms with van der Waals surface area (Å²) in [4.78, 5) is 12.4. The maximum atomic E-state index is 10.5. The van der Waals surface area contributed by atoms with E-state index < -0.39 is 5.97 Å². The monoisotopic (exact) mass is 227 g/mol. The first-order chi connectivity index (χ1) is 7.47. The van der Waals surface area contributed by atoms with E-state index in [-0.39, 0.29) is 6.54 Å². The summed E-state index contributed by atoms with van der Waals surface area (Å²) in [6, 6.07) is 0. The first-order valence-corrected chi connectivity index (χ1v) is 6.37. The van der Waals surface area contributed by atoms with Crippen molar-refractivity contribution in [1.82, 2.24) is 4.90 Å². The molecule has 1 fully saturated rings. The quantitative estimate of drug-likeness (QED) is 0.784. The predicted octanol–water partition coefficient (Wildman–Crippen LogP) is 2.47. The Labute approximate surface area is 98.8 Å². The highest BCUT2D eigenvalue weighted by Crippen LogP contribution is 2.34. The third-order valence-corrected chi connectivity index (χ3v) is 3.60. The summed E-state index contributed by atoms with van der Waals surface area (Å²) in [5, 5.41) is 8.66. The Hall–Kier alpha value is -0.570. The van der Waals surface area contributed by atoms with Gasteiger partial charge in [-0.05, 0) is 57.0 Å². The van der Waals surface area contributed by atoms with Crippen molar-refractivity contribution in [2.45, 2.75) is 39.5 Å². The van der Waals surface area contributed by atoms with Gasteiger partial charge in [-0.1, -0.05) is 13.8 Å². The minimum Gasteiger partial charge on any atom is -0.480 e. The summed E-state index contributed by atoms with van der Waals surface area (Å²) in [5.41, 5.74) is 0. The number of likely N-dealkylation sites (N-methyl/N-ethyl adjacent to an activating group) is 1. The molecule has 94 valence electrons. The fourth-order valence-corrected chi connectivity index (χ4v) is 3.06. The molecule has 1 aliphatic carbocycles. The number of hydrogen-bond donors (Lipinski definition) is 1. The highest BCUT2D eigenvalue weighted by molar-refractivity contribution is 5.68. The average molecular weight is 227 g/mol. The molecule has 0 amide bonds. The van der Waals surface area contributed by atoms with Crippen LogP contribution in [-0.4, -0.2) is 36.1 Å². The van der Waals surface area contributed by atoms with Gasteiger partial charge < -0.3 is 5.11 Å². The van der Waals surface area contributed by atoms with Gasteiger partial charge in [0.1, 0.15) is 0 Å². The molecule has 0 aromatic heterocycles. The van der Waals surface area contributed by atoms with E-state index in [1.807, 2.05) is 11.9 Å². The highest BCUT2D eigenvalue weighted by atomic mass is 16.4. The Balaban J connectivity index is 2.23. The van der Waals surface area contributed by atoms with Crippen molar-refractivity contribution in [2.24, 2.45) is 17.8 Å². The second kappa shape index (κ2) is 6.24. The van der Waals surface area contributed by atoms with Gasteiger partial charge >= 0.3 is 5.97 Å². The molecule has 16 heavy (non-hydrogen) atoms. The standard InChI is InChI=1S/C13H25NO2/c1-10-6-11(2)8-12(7-10)4-5-14(3)9-13(15)16/h10-12H,4-9H2,1-3H3,(H,15,16). The lowest BCUT2D eigenvalue weighted by Crippen LogP contribution is -2.29. The minimum absolute atomic E-state index is 0.165. The van der Waals surface area contributed by atoms with Gasteiger partial charge in [0.25, 0.3) is 0 Å². The number of aliphatic carboxylic acids is 1. The van der Waals surface area contributed by atoms with Crippen molar-refractivity contribution in [3.05, 3.63) is 0 Å². The maximum absolute atomic E-state index is 10.5. The van der Waals surface area contributed by atoms with Gasteiger partial charge in [0.05, 0.1) is 6.54 Å². The fraction of sp³-hybridized carbons (Fsp3) is 0.923. The van der Waals surface area contributed by atoms with Crippen LogP contribution in [-0.2, 0) is 4.79 Å². The van der Waals surface area contributed by atoms with Crippen LogP contribution >= 0.6 is 0 Å². The Bertz CT molecular complexity index is 220. The van der Waals surface area contributed by atoms with Crippen LogP contribution in [0.4, 0.5) is 0 Å². The van der Waals surface area contributed by atoms with Crippen molar-refractivity contribution in [1.29, 1.82) is 0 Å². The molecule has 0 spiro atoms. The molecule has 0 radical (unpaired) electrons. The molecule has 2 unspecified atom stereocenters. The van der Waals surface area contributed by atoms with Gasteiger partial charge in [0.15, 0.2) is 0 Å². The number of hydrogen-bond acceptors (Lipinski definition) is 2. The summed E-state index contributed by atoms with van der Waals surface area (Å²) < 4.78 is 0. The topological polar surface area (TPSA) is 40.5 Å². The molecule has 3 nitrogen and oxygen atoms in total. The molecule has 0 heterocycles. The molecule has 3 heteroatoms. The average Bonchev–Trinajstić information content (AvgIpc) is 2.12. The lowest BCUT2D eigenvalue weighted by molar-refractivity contribution is -0.138. The largest absolute Gasteiger partial charge is 0.480 e. The van der Waals surface area contributed by atoms with Crippen LogP contribution in [0.25, 0.3) is 0 Å². The van der Waals surface area contributed by atoms with E-state index in [0.717, 1.165) is 30.7 Å². The van der Waals surface area contributed by atoms with Crippen LogP contribution in [0.2, 0.25) is 0 Å². The van der Waals surface area contributed by atoms with Crippen LogP contribution < -0.4 is 0 Å². The summed E-state index contributed by atoms with van der Waals surface area (Å²) in [6.45, 7) is 5.75. The number of nitrogens with zero attached hydrogens (tertiary/aromatic N) is 1. The van der Waals surface area contributed by atoms with Crippen LogP contribution in [0.15, 0.2) is 0 Å². The lowest BCUT2D eigenvalue weighted by Gasteiger charge is -2.32. The van der Waals surface area contributed by atoms with Crippen molar-refractivity contribution >= 4 is 5.97 Å². The predicted molar refractivity (Wildman–Crippen MR) is 65.4 cm³/mol. The molecule has 0 saturated heterocycles. The number of carbonyl (C=O) groups is 1. The third kappa shape index (κ3) is 4.97. The molecule has 2 atom stereocenters. The summed E-state index contributed by atoms with van der Waals surface area (Å²) in [5.74, 6) is 1.76. The van der Waals surface area contributed by atoms with E-state index >= 15 is 0 Å². The van der Waals surface area contributed by atoms with Crippen molar-refractivity contribution < 1.29 is 9.90 Å². The Morgan fingerprint density at radius 1 is 1.25 bits per heavy atom. The molecule has 1 saturated carbocycles. The van der Waals surface area contributed by atoms with E-state index in [9.17, 15) is 4.79 Å². The molecule has 1 N–H and O–H groups in total. The number of carboxylic acid groups (broad SMARTS) is 1. The molecule has 1 aliphatic rings. The van der Waals surface area contributed by atoms with E-state index in [2.05, 4.69) is 13.8 Å². The van der Waals surface area contributed by atoms with Crippen molar-refractivity contribution in [3.8, 4) is 0 Å². The molecule has 0 aliphatic heterocycles. The van der Waals surface area contributed by atoms with Gasteiger partial charge in [-0.3, -0.25) is 9.69 Å². The zero-order chi connectivity index (χ0) is 12.1. The molecule has 0 aromatic carbocycles. The van der Waals surface area contributed by atoms with Crippen LogP contribution in [0.5, 0.6) is 0 Å². The van der Waals surface area contributed by atoms with Gasteiger partial charge in [-0.25, -0.2) is 0 Å². The summed E-state index contributed by atoms with van der Waals surface area (Å²) in [7, 11) is 1.89. The van der Waals surface area contributed by atoms with E-state index in [0.29, 0.717) is 0 Å². The first-order valence-electron chi connectivity index (χ1n) is 6.37. The molecular weight excluding hydrogens is 202 g/mol. The molecular formula is C13H25NO2. The number of rotatable bonds is 5.